The molecule has 2 aromatic rings. The molecule has 0 fully saturated rings. The Bertz CT molecular complexity index is 690. The van der Waals surface area contributed by atoms with Gasteiger partial charge in [-0.15, -0.1) is 0 Å². The average molecular weight is 277 g/mol. The number of halogens is 1. The van der Waals surface area contributed by atoms with Crippen LogP contribution in [0, 0.1) is 15.9 Å². The fourth-order valence-electron chi connectivity index (χ4n) is 1.51. The van der Waals surface area contributed by atoms with Gasteiger partial charge in [-0.25, -0.2) is 14.2 Å². The van der Waals surface area contributed by atoms with Crippen molar-refractivity contribution in [1.82, 2.24) is 4.98 Å². The summed E-state index contributed by atoms with van der Waals surface area (Å²) in [7, 11) is 0. The van der Waals surface area contributed by atoms with E-state index < -0.39 is 28.0 Å². The number of carbonyl (C=O) groups is 1. The van der Waals surface area contributed by atoms with Crippen LogP contribution in [0.5, 0.6) is 0 Å². The fourth-order valence-corrected chi connectivity index (χ4v) is 1.51. The van der Waals surface area contributed by atoms with E-state index in [0.29, 0.717) is 0 Å². The van der Waals surface area contributed by atoms with Crippen LogP contribution < -0.4 is 5.32 Å². The number of carboxylic acid groups (broad SMARTS) is 1. The Kier molecular flexibility index (Phi) is 3.56. The molecule has 2 N–H and O–H groups in total. The monoisotopic (exact) mass is 277 g/mol. The third kappa shape index (κ3) is 2.69. The van der Waals surface area contributed by atoms with Crippen LogP contribution in [-0.4, -0.2) is 21.0 Å². The molecule has 2 rings (SSSR count). The first-order valence-corrected chi connectivity index (χ1v) is 5.38. The predicted molar refractivity (Wildman–Crippen MR) is 67.5 cm³/mol. The molecule has 1 aromatic carbocycles. The summed E-state index contributed by atoms with van der Waals surface area (Å²) in [5, 5.41) is 22.1. The topological polar surface area (TPSA) is 105 Å². The number of hydrogen-bond donors (Lipinski definition) is 2. The number of nitrogens with one attached hydrogen (secondary N) is 1. The Balaban J connectivity index is 2.44. The zero-order chi connectivity index (χ0) is 14.7. The minimum absolute atomic E-state index is 0.0244. The molecule has 0 unspecified atom stereocenters. The van der Waals surface area contributed by atoms with Crippen molar-refractivity contribution in [3.63, 3.8) is 0 Å². The Morgan fingerprint density at radius 3 is 2.70 bits per heavy atom. The zero-order valence-electron chi connectivity index (χ0n) is 9.91. The molecular formula is C12H8FN3O4. The molecule has 0 aliphatic carbocycles. The second kappa shape index (κ2) is 5.31. The van der Waals surface area contributed by atoms with E-state index in [1.165, 1.54) is 18.2 Å². The number of nitro groups is 1. The first-order valence-electron chi connectivity index (χ1n) is 5.38. The number of nitrogens with zero attached hydrogens (tertiary/aromatic N) is 2. The SMILES string of the molecule is O=C(O)c1cc([N+](=O)[O-])cnc1Nc1ccccc1F. The third-order valence-corrected chi connectivity index (χ3v) is 2.44. The van der Waals surface area contributed by atoms with Gasteiger partial charge in [0.05, 0.1) is 10.6 Å². The maximum Gasteiger partial charge on any atom is 0.339 e. The average Bonchev–Trinajstić information content (AvgIpc) is 2.41. The number of aromatic carboxylic acids is 1. The van der Waals surface area contributed by atoms with Crippen molar-refractivity contribution in [2.24, 2.45) is 0 Å². The van der Waals surface area contributed by atoms with Crippen molar-refractivity contribution >= 4 is 23.2 Å². The van der Waals surface area contributed by atoms with Crippen LogP contribution in [-0.2, 0) is 0 Å². The molecule has 1 aromatic heterocycles. The molecule has 8 heteroatoms. The van der Waals surface area contributed by atoms with E-state index in [1.54, 1.807) is 6.07 Å². The molecule has 0 aliphatic rings. The Morgan fingerprint density at radius 1 is 1.40 bits per heavy atom. The highest BCUT2D eigenvalue weighted by atomic mass is 19.1. The van der Waals surface area contributed by atoms with Gasteiger partial charge in [0.2, 0.25) is 0 Å². The molecule has 0 spiro atoms. The van der Waals surface area contributed by atoms with Crippen molar-refractivity contribution in [1.29, 1.82) is 0 Å². The number of carboxylic acids is 1. The molecule has 102 valence electrons. The molecule has 7 nitrogen and oxygen atoms in total. The molecule has 20 heavy (non-hydrogen) atoms. The number of pyridine rings is 1. The largest absolute Gasteiger partial charge is 0.478 e. The van der Waals surface area contributed by atoms with Crippen molar-refractivity contribution in [2.75, 3.05) is 5.32 Å². The summed E-state index contributed by atoms with van der Waals surface area (Å²) < 4.78 is 13.5. The second-order valence-corrected chi connectivity index (χ2v) is 3.76. The molecule has 1 heterocycles. The minimum Gasteiger partial charge on any atom is -0.478 e. The predicted octanol–water partition coefficient (Wildman–Crippen LogP) is 2.57. The van der Waals surface area contributed by atoms with Crippen LogP contribution in [0.15, 0.2) is 36.5 Å². The molecule has 0 saturated heterocycles. The van der Waals surface area contributed by atoms with Gasteiger partial charge in [0, 0.05) is 6.07 Å². The van der Waals surface area contributed by atoms with E-state index in [0.717, 1.165) is 12.3 Å². The summed E-state index contributed by atoms with van der Waals surface area (Å²) in [6.07, 6.45) is 0.898. The van der Waals surface area contributed by atoms with Crippen molar-refractivity contribution in [3.05, 3.63) is 58.0 Å². The lowest BCUT2D eigenvalue weighted by atomic mass is 10.2. The standard InChI is InChI=1S/C12H8FN3O4/c13-9-3-1-2-4-10(9)15-11-8(12(17)18)5-7(6-14-11)16(19)20/h1-6H,(H,14,15)(H,17,18). The molecule has 0 saturated carbocycles. The van der Waals surface area contributed by atoms with E-state index in [4.69, 9.17) is 5.11 Å². The smallest absolute Gasteiger partial charge is 0.339 e. The number of aromatic nitrogens is 1. The Labute approximate surface area is 111 Å². The van der Waals surface area contributed by atoms with Crippen LogP contribution in [0.4, 0.5) is 21.6 Å². The number of hydrogen-bond acceptors (Lipinski definition) is 5. The summed E-state index contributed by atoms with van der Waals surface area (Å²) in [5.41, 5.74) is -0.847. The second-order valence-electron chi connectivity index (χ2n) is 3.76. The van der Waals surface area contributed by atoms with E-state index in [9.17, 15) is 19.3 Å². The highest BCUT2D eigenvalue weighted by molar-refractivity contribution is 5.94. The van der Waals surface area contributed by atoms with Gasteiger partial charge in [-0.05, 0) is 12.1 Å². The summed E-state index contributed by atoms with van der Waals surface area (Å²) in [6, 6.07) is 6.47. The highest BCUT2D eigenvalue weighted by Crippen LogP contribution is 2.24. The van der Waals surface area contributed by atoms with Gasteiger partial charge >= 0.3 is 5.97 Å². The number of rotatable bonds is 4. The molecular weight excluding hydrogens is 269 g/mol. The number of benzene rings is 1. The summed E-state index contributed by atoms with van der Waals surface area (Å²) >= 11 is 0. The first kappa shape index (κ1) is 13.4. The third-order valence-electron chi connectivity index (χ3n) is 2.44. The van der Waals surface area contributed by atoms with Crippen molar-refractivity contribution in [2.45, 2.75) is 0 Å². The van der Waals surface area contributed by atoms with Gasteiger partial charge in [0.25, 0.3) is 5.69 Å². The van der Waals surface area contributed by atoms with Crippen LogP contribution in [0.25, 0.3) is 0 Å². The number of anilines is 2. The maximum absolute atomic E-state index is 13.5. The molecule has 0 amide bonds. The molecule has 0 atom stereocenters. The summed E-state index contributed by atoms with van der Waals surface area (Å²) in [5.74, 6) is -2.17. The van der Waals surface area contributed by atoms with Gasteiger partial charge in [-0.1, -0.05) is 12.1 Å². The van der Waals surface area contributed by atoms with Gasteiger partial charge < -0.3 is 10.4 Å². The molecule has 0 aliphatic heterocycles. The normalized spacial score (nSPS) is 10.1. The summed E-state index contributed by atoms with van der Waals surface area (Å²) in [4.78, 5) is 24.6. The van der Waals surface area contributed by atoms with Gasteiger partial charge in [-0.2, -0.15) is 0 Å². The van der Waals surface area contributed by atoms with Crippen molar-refractivity contribution in [3.8, 4) is 0 Å². The Hall–Kier alpha value is -3.03. The fraction of sp³-hybridized carbons (Fsp3) is 0. The van der Waals surface area contributed by atoms with E-state index >= 15 is 0 Å². The minimum atomic E-state index is -1.40. The van der Waals surface area contributed by atoms with Crippen LogP contribution >= 0.6 is 0 Å². The highest BCUT2D eigenvalue weighted by Gasteiger charge is 2.18. The van der Waals surface area contributed by atoms with E-state index in [2.05, 4.69) is 10.3 Å². The Morgan fingerprint density at radius 2 is 2.10 bits per heavy atom. The van der Waals surface area contributed by atoms with Gasteiger partial charge in [0.1, 0.15) is 23.4 Å². The van der Waals surface area contributed by atoms with E-state index in [-0.39, 0.29) is 11.5 Å². The lowest BCUT2D eigenvalue weighted by Gasteiger charge is -2.08. The lowest BCUT2D eigenvalue weighted by Crippen LogP contribution is -2.06. The van der Waals surface area contributed by atoms with Gasteiger partial charge in [0.15, 0.2) is 0 Å². The van der Waals surface area contributed by atoms with Crippen molar-refractivity contribution < 1.29 is 19.2 Å². The quantitative estimate of drug-likeness (QED) is 0.657. The summed E-state index contributed by atoms with van der Waals surface area (Å²) in [6.45, 7) is 0. The van der Waals surface area contributed by atoms with E-state index in [1.807, 2.05) is 0 Å². The maximum atomic E-state index is 13.5. The number of para-hydroxylation sites is 1. The van der Waals surface area contributed by atoms with Gasteiger partial charge in [-0.3, -0.25) is 10.1 Å². The van der Waals surface area contributed by atoms with Crippen LogP contribution in [0.2, 0.25) is 0 Å². The zero-order valence-corrected chi connectivity index (χ0v) is 9.91. The van der Waals surface area contributed by atoms with Crippen LogP contribution in [0.1, 0.15) is 10.4 Å². The van der Waals surface area contributed by atoms with Crippen LogP contribution in [0.3, 0.4) is 0 Å². The first-order chi connectivity index (χ1) is 9.49. The molecule has 0 radical (unpaired) electrons. The lowest BCUT2D eigenvalue weighted by molar-refractivity contribution is -0.385. The molecule has 0 bridgehead atoms.